The second kappa shape index (κ2) is 8.41. The van der Waals surface area contributed by atoms with E-state index < -0.39 is 0 Å². The number of carbonyl (C=O) groups excluding carboxylic acids is 1. The molecule has 2 heterocycles. The van der Waals surface area contributed by atoms with Gasteiger partial charge in [-0.15, -0.1) is 0 Å². The summed E-state index contributed by atoms with van der Waals surface area (Å²) in [6, 6.07) is 8.03. The molecular weight excluding hydrogens is 372 g/mol. The number of hydrogen-bond acceptors (Lipinski definition) is 4. The second-order valence-electron chi connectivity index (χ2n) is 5.81. The van der Waals surface area contributed by atoms with Crippen LogP contribution in [0.25, 0.3) is 0 Å². The second-order valence-corrected chi connectivity index (χ2v) is 6.72. The molecular formula is C17H21BrN4O2. The third-order valence-electron chi connectivity index (χ3n) is 3.89. The van der Waals surface area contributed by atoms with Gasteiger partial charge in [-0.25, -0.2) is 0 Å². The van der Waals surface area contributed by atoms with Gasteiger partial charge in [0.05, 0.1) is 23.9 Å². The van der Waals surface area contributed by atoms with E-state index in [0.717, 1.165) is 43.0 Å². The largest absolute Gasteiger partial charge is 0.379 e. The maximum Gasteiger partial charge on any atom is 0.226 e. The van der Waals surface area contributed by atoms with Gasteiger partial charge in [0.15, 0.2) is 0 Å². The van der Waals surface area contributed by atoms with Gasteiger partial charge in [0.25, 0.3) is 0 Å². The minimum Gasteiger partial charge on any atom is -0.379 e. The summed E-state index contributed by atoms with van der Waals surface area (Å²) in [5.41, 5.74) is 2.04. The summed E-state index contributed by atoms with van der Waals surface area (Å²) in [6.07, 6.45) is 3.96. The van der Waals surface area contributed by atoms with Crippen molar-refractivity contribution < 1.29 is 9.53 Å². The maximum absolute atomic E-state index is 12.1. The van der Waals surface area contributed by atoms with Crippen LogP contribution in [0.5, 0.6) is 0 Å². The average Bonchev–Trinajstić information content (AvgIpc) is 3.00. The number of aromatic nitrogens is 2. The van der Waals surface area contributed by atoms with E-state index >= 15 is 0 Å². The first-order valence-electron chi connectivity index (χ1n) is 8.06. The summed E-state index contributed by atoms with van der Waals surface area (Å²) in [7, 11) is 0. The predicted octanol–water partition coefficient (Wildman–Crippen LogP) is 2.51. The summed E-state index contributed by atoms with van der Waals surface area (Å²) >= 11 is 3.35. The van der Waals surface area contributed by atoms with Gasteiger partial charge in [-0.05, 0) is 33.6 Å². The lowest BCUT2D eigenvalue weighted by molar-refractivity contribution is -0.116. The van der Waals surface area contributed by atoms with Gasteiger partial charge in [0, 0.05) is 44.5 Å². The standard InChI is InChI=1S/C17H21BrN4O2/c18-15-11-19-22(13-15)5-4-17(23)20-16-3-1-2-14(10-16)12-21-6-8-24-9-7-21/h1-3,10-11,13H,4-9,12H2,(H,20,23). The Labute approximate surface area is 149 Å². The highest BCUT2D eigenvalue weighted by molar-refractivity contribution is 9.10. The number of benzene rings is 1. The molecule has 0 atom stereocenters. The molecule has 1 saturated heterocycles. The molecule has 2 aromatic rings. The van der Waals surface area contributed by atoms with Crippen LogP contribution < -0.4 is 5.32 Å². The van der Waals surface area contributed by atoms with Crippen molar-refractivity contribution >= 4 is 27.5 Å². The molecule has 1 amide bonds. The molecule has 0 unspecified atom stereocenters. The molecule has 0 bridgehead atoms. The number of nitrogens with one attached hydrogen (secondary N) is 1. The first kappa shape index (κ1) is 17.1. The van der Waals surface area contributed by atoms with E-state index in [0.29, 0.717) is 13.0 Å². The Hall–Kier alpha value is -1.70. The Bertz CT molecular complexity index is 683. The topological polar surface area (TPSA) is 59.4 Å². The molecule has 7 heteroatoms. The monoisotopic (exact) mass is 392 g/mol. The van der Waals surface area contributed by atoms with E-state index in [1.807, 2.05) is 24.4 Å². The number of nitrogens with zero attached hydrogens (tertiary/aromatic N) is 3. The summed E-state index contributed by atoms with van der Waals surface area (Å²) in [5, 5.41) is 7.11. The average molecular weight is 393 g/mol. The van der Waals surface area contributed by atoms with Crippen LogP contribution in [0.3, 0.4) is 0 Å². The van der Waals surface area contributed by atoms with Crippen LogP contribution in [0.2, 0.25) is 0 Å². The predicted molar refractivity (Wildman–Crippen MR) is 95.7 cm³/mol. The number of morpholine rings is 1. The first-order valence-corrected chi connectivity index (χ1v) is 8.85. The summed E-state index contributed by atoms with van der Waals surface area (Å²) in [5.74, 6) is -0.00913. The van der Waals surface area contributed by atoms with Crippen LogP contribution in [0.1, 0.15) is 12.0 Å². The minimum atomic E-state index is -0.00913. The van der Waals surface area contributed by atoms with E-state index in [2.05, 4.69) is 37.3 Å². The minimum absolute atomic E-state index is 0.00913. The number of rotatable bonds is 6. The fourth-order valence-corrected chi connectivity index (χ4v) is 2.99. The highest BCUT2D eigenvalue weighted by atomic mass is 79.9. The Morgan fingerprint density at radius 2 is 2.17 bits per heavy atom. The summed E-state index contributed by atoms with van der Waals surface area (Å²) < 4.78 is 8.03. The fourth-order valence-electron chi connectivity index (χ4n) is 2.67. The van der Waals surface area contributed by atoms with Crippen molar-refractivity contribution in [3.05, 3.63) is 46.7 Å². The zero-order chi connectivity index (χ0) is 16.8. The van der Waals surface area contributed by atoms with Crippen molar-refractivity contribution in [1.29, 1.82) is 0 Å². The molecule has 1 N–H and O–H groups in total. The number of ether oxygens (including phenoxy) is 1. The zero-order valence-corrected chi connectivity index (χ0v) is 15.0. The molecule has 0 radical (unpaired) electrons. The molecule has 1 aromatic heterocycles. The van der Waals surface area contributed by atoms with Gasteiger partial charge >= 0.3 is 0 Å². The van der Waals surface area contributed by atoms with Gasteiger partial charge in [0.2, 0.25) is 5.91 Å². The normalized spacial score (nSPS) is 15.4. The van der Waals surface area contributed by atoms with E-state index in [1.165, 1.54) is 5.56 Å². The third kappa shape index (κ3) is 5.15. The lowest BCUT2D eigenvalue weighted by atomic mass is 10.1. The van der Waals surface area contributed by atoms with Crippen LogP contribution in [0.15, 0.2) is 41.1 Å². The van der Waals surface area contributed by atoms with Crippen LogP contribution >= 0.6 is 15.9 Å². The molecule has 128 valence electrons. The molecule has 6 nitrogen and oxygen atoms in total. The van der Waals surface area contributed by atoms with Crippen LogP contribution in [0.4, 0.5) is 5.69 Å². The van der Waals surface area contributed by atoms with Crippen LogP contribution in [-0.4, -0.2) is 46.9 Å². The molecule has 1 aliphatic heterocycles. The zero-order valence-electron chi connectivity index (χ0n) is 13.4. The first-order chi connectivity index (χ1) is 11.7. The smallest absolute Gasteiger partial charge is 0.226 e. The Morgan fingerprint density at radius 3 is 2.92 bits per heavy atom. The van der Waals surface area contributed by atoms with Gasteiger partial charge in [-0.2, -0.15) is 5.10 Å². The summed E-state index contributed by atoms with van der Waals surface area (Å²) in [4.78, 5) is 14.5. The van der Waals surface area contributed by atoms with Crippen molar-refractivity contribution in [2.75, 3.05) is 31.6 Å². The Kier molecular flexibility index (Phi) is 6.01. The molecule has 1 fully saturated rings. The van der Waals surface area contributed by atoms with Gasteiger partial charge in [-0.1, -0.05) is 12.1 Å². The van der Waals surface area contributed by atoms with Crippen molar-refractivity contribution in [3.8, 4) is 0 Å². The SMILES string of the molecule is O=C(CCn1cc(Br)cn1)Nc1cccc(CN2CCOCC2)c1. The van der Waals surface area contributed by atoms with E-state index in [1.54, 1.807) is 10.9 Å². The third-order valence-corrected chi connectivity index (χ3v) is 4.30. The highest BCUT2D eigenvalue weighted by Gasteiger charge is 2.11. The Morgan fingerprint density at radius 1 is 1.33 bits per heavy atom. The van der Waals surface area contributed by atoms with Gasteiger partial charge in [0.1, 0.15) is 0 Å². The molecule has 1 aromatic carbocycles. The Balaban J connectivity index is 1.50. The van der Waals surface area contributed by atoms with Gasteiger partial charge in [-0.3, -0.25) is 14.4 Å². The van der Waals surface area contributed by atoms with Gasteiger partial charge < -0.3 is 10.1 Å². The molecule has 1 aliphatic rings. The van der Waals surface area contributed by atoms with Crippen molar-refractivity contribution in [1.82, 2.24) is 14.7 Å². The quantitative estimate of drug-likeness (QED) is 0.820. The van der Waals surface area contributed by atoms with E-state index in [9.17, 15) is 4.79 Å². The van der Waals surface area contributed by atoms with E-state index in [-0.39, 0.29) is 5.91 Å². The lowest BCUT2D eigenvalue weighted by Gasteiger charge is -2.26. The molecule has 0 saturated carbocycles. The number of halogens is 1. The fraction of sp³-hybridized carbons (Fsp3) is 0.412. The number of aryl methyl sites for hydroxylation is 1. The van der Waals surface area contributed by atoms with E-state index in [4.69, 9.17) is 4.74 Å². The molecule has 0 aliphatic carbocycles. The molecule has 3 rings (SSSR count). The number of amides is 1. The molecule has 0 spiro atoms. The summed E-state index contributed by atoms with van der Waals surface area (Å²) in [6.45, 7) is 4.94. The number of carbonyl (C=O) groups is 1. The lowest BCUT2D eigenvalue weighted by Crippen LogP contribution is -2.35. The number of hydrogen-bond donors (Lipinski definition) is 1. The number of anilines is 1. The van der Waals surface area contributed by atoms with Crippen molar-refractivity contribution in [3.63, 3.8) is 0 Å². The molecule has 24 heavy (non-hydrogen) atoms. The maximum atomic E-state index is 12.1. The van der Waals surface area contributed by atoms with Crippen molar-refractivity contribution in [2.24, 2.45) is 0 Å². The highest BCUT2D eigenvalue weighted by Crippen LogP contribution is 2.14. The van der Waals surface area contributed by atoms with Crippen molar-refractivity contribution in [2.45, 2.75) is 19.5 Å². The van der Waals surface area contributed by atoms with Crippen LogP contribution in [0, 0.1) is 0 Å². The van der Waals surface area contributed by atoms with Crippen LogP contribution in [-0.2, 0) is 22.6 Å².